The van der Waals surface area contributed by atoms with Gasteiger partial charge in [-0.2, -0.15) is 10.4 Å². The van der Waals surface area contributed by atoms with Crippen molar-refractivity contribution in [2.45, 2.75) is 26.3 Å². The molecule has 7 nitrogen and oxygen atoms in total. The number of carbonyl (C=O) groups is 1. The third-order valence-electron chi connectivity index (χ3n) is 3.88. The summed E-state index contributed by atoms with van der Waals surface area (Å²) in [6.07, 6.45) is 2.79. The summed E-state index contributed by atoms with van der Waals surface area (Å²) in [4.78, 5) is 17.7. The minimum Gasteiger partial charge on any atom is -0.353 e. The lowest BCUT2D eigenvalue weighted by molar-refractivity contribution is -0.114. The largest absolute Gasteiger partial charge is 0.353 e. The van der Waals surface area contributed by atoms with Crippen molar-refractivity contribution in [1.82, 2.24) is 14.8 Å². The van der Waals surface area contributed by atoms with Crippen LogP contribution < -0.4 is 10.2 Å². The van der Waals surface area contributed by atoms with Crippen molar-refractivity contribution in [2.24, 2.45) is 0 Å². The van der Waals surface area contributed by atoms with Crippen molar-refractivity contribution in [2.75, 3.05) is 23.3 Å². The number of aryl methyl sites for hydroxylation is 1. The molecule has 7 heteroatoms. The Bertz CT molecular complexity index is 775. The highest BCUT2D eigenvalue weighted by Crippen LogP contribution is 2.28. The average molecular weight is 310 g/mol. The lowest BCUT2D eigenvalue weighted by atomic mass is 10.2. The number of carbonyl (C=O) groups excluding carboxylic acids is 1. The molecule has 1 aliphatic heterocycles. The molecule has 0 radical (unpaired) electrons. The van der Waals surface area contributed by atoms with Gasteiger partial charge in [-0.05, 0) is 25.5 Å². The first-order chi connectivity index (χ1) is 11.1. The quantitative estimate of drug-likeness (QED) is 0.935. The van der Waals surface area contributed by atoms with Crippen LogP contribution in [0.3, 0.4) is 0 Å². The van der Waals surface area contributed by atoms with Crippen molar-refractivity contribution in [3.8, 4) is 6.07 Å². The number of hydrogen-bond donors (Lipinski definition) is 1. The molecule has 0 bridgehead atoms. The number of nitriles is 1. The molecule has 1 fully saturated rings. The standard InChI is InChI=1S/C16H18N6O/c1-11-3-4-13(9-17)16(18-11)21-7-5-14(10-21)22-8-6-15(20-22)19-12(2)23/h3-4,6,8,14H,5,7,10H2,1-2H3,(H,19,20,23). The molecule has 0 spiro atoms. The number of nitrogens with zero attached hydrogens (tertiary/aromatic N) is 5. The van der Waals surface area contributed by atoms with Crippen LogP contribution in [0.1, 0.15) is 30.6 Å². The lowest BCUT2D eigenvalue weighted by Gasteiger charge is -2.19. The Morgan fingerprint density at radius 1 is 1.43 bits per heavy atom. The second kappa shape index (κ2) is 6.08. The van der Waals surface area contributed by atoms with E-state index in [-0.39, 0.29) is 11.9 Å². The molecule has 2 aromatic heterocycles. The third-order valence-corrected chi connectivity index (χ3v) is 3.88. The zero-order valence-corrected chi connectivity index (χ0v) is 13.2. The van der Waals surface area contributed by atoms with E-state index in [4.69, 9.17) is 0 Å². The summed E-state index contributed by atoms with van der Waals surface area (Å²) in [6.45, 7) is 4.95. The van der Waals surface area contributed by atoms with Crippen LogP contribution >= 0.6 is 0 Å². The number of pyridine rings is 1. The molecule has 118 valence electrons. The molecule has 0 saturated carbocycles. The van der Waals surface area contributed by atoms with Crippen LogP contribution in [0.5, 0.6) is 0 Å². The summed E-state index contributed by atoms with van der Waals surface area (Å²) >= 11 is 0. The summed E-state index contributed by atoms with van der Waals surface area (Å²) in [5, 5.41) is 16.3. The molecular weight excluding hydrogens is 292 g/mol. The first-order valence-corrected chi connectivity index (χ1v) is 7.52. The Morgan fingerprint density at radius 2 is 2.26 bits per heavy atom. The lowest BCUT2D eigenvalue weighted by Crippen LogP contribution is -2.23. The van der Waals surface area contributed by atoms with E-state index < -0.39 is 0 Å². The first-order valence-electron chi connectivity index (χ1n) is 7.52. The SMILES string of the molecule is CC(=O)Nc1ccn(C2CCN(c3nc(C)ccc3C#N)C2)n1. The highest BCUT2D eigenvalue weighted by Gasteiger charge is 2.27. The van der Waals surface area contributed by atoms with E-state index >= 15 is 0 Å². The van der Waals surface area contributed by atoms with Gasteiger partial charge in [0, 0.05) is 38.0 Å². The molecule has 3 heterocycles. The number of anilines is 2. The Balaban J connectivity index is 1.76. The van der Waals surface area contributed by atoms with Crippen molar-refractivity contribution in [3.05, 3.63) is 35.7 Å². The normalized spacial score (nSPS) is 17.1. The number of amides is 1. The minimum atomic E-state index is -0.133. The Kier molecular flexibility index (Phi) is 3.98. The van der Waals surface area contributed by atoms with E-state index in [1.807, 2.05) is 29.9 Å². The first kappa shape index (κ1) is 15.0. The second-order valence-corrected chi connectivity index (χ2v) is 5.69. The average Bonchev–Trinajstić information content (AvgIpc) is 3.15. The van der Waals surface area contributed by atoms with E-state index in [2.05, 4.69) is 26.4 Å². The van der Waals surface area contributed by atoms with E-state index in [0.29, 0.717) is 11.4 Å². The van der Waals surface area contributed by atoms with Crippen LogP contribution in [0.4, 0.5) is 11.6 Å². The fourth-order valence-electron chi connectivity index (χ4n) is 2.81. The van der Waals surface area contributed by atoms with Gasteiger partial charge in [0.2, 0.25) is 5.91 Å². The fourth-order valence-corrected chi connectivity index (χ4v) is 2.81. The molecule has 3 rings (SSSR count). The molecule has 1 amide bonds. The third kappa shape index (κ3) is 3.16. The van der Waals surface area contributed by atoms with Gasteiger partial charge in [0.15, 0.2) is 5.82 Å². The monoisotopic (exact) mass is 310 g/mol. The van der Waals surface area contributed by atoms with E-state index in [0.717, 1.165) is 31.0 Å². The summed E-state index contributed by atoms with van der Waals surface area (Å²) in [5.41, 5.74) is 1.49. The minimum absolute atomic E-state index is 0.133. The molecule has 1 unspecified atom stereocenters. The molecule has 1 atom stereocenters. The maximum atomic E-state index is 11.1. The van der Waals surface area contributed by atoms with E-state index in [1.165, 1.54) is 6.92 Å². The highest BCUT2D eigenvalue weighted by molar-refractivity contribution is 5.87. The summed E-state index contributed by atoms with van der Waals surface area (Å²) in [7, 11) is 0. The molecular formula is C16H18N6O. The second-order valence-electron chi connectivity index (χ2n) is 5.69. The predicted molar refractivity (Wildman–Crippen MR) is 86.1 cm³/mol. The van der Waals surface area contributed by atoms with Gasteiger partial charge in [0.1, 0.15) is 11.9 Å². The van der Waals surface area contributed by atoms with Crippen molar-refractivity contribution >= 4 is 17.5 Å². The van der Waals surface area contributed by atoms with Gasteiger partial charge in [-0.15, -0.1) is 0 Å². The number of aromatic nitrogens is 3. The summed E-state index contributed by atoms with van der Waals surface area (Å²) < 4.78 is 1.87. The highest BCUT2D eigenvalue weighted by atomic mass is 16.1. The Hall–Kier alpha value is -2.88. The van der Waals surface area contributed by atoms with Gasteiger partial charge >= 0.3 is 0 Å². The van der Waals surface area contributed by atoms with Gasteiger partial charge < -0.3 is 10.2 Å². The van der Waals surface area contributed by atoms with Gasteiger partial charge in [0.25, 0.3) is 0 Å². The Labute approximate surface area is 134 Å². The van der Waals surface area contributed by atoms with Crippen LogP contribution in [-0.4, -0.2) is 33.8 Å². The molecule has 1 N–H and O–H groups in total. The molecule has 2 aromatic rings. The summed E-state index contributed by atoms with van der Waals surface area (Å²) in [5.74, 6) is 1.16. The van der Waals surface area contributed by atoms with E-state index in [1.54, 1.807) is 6.07 Å². The summed E-state index contributed by atoms with van der Waals surface area (Å²) in [6, 6.07) is 7.86. The number of nitrogens with one attached hydrogen (secondary N) is 1. The molecule has 1 aliphatic rings. The van der Waals surface area contributed by atoms with Crippen LogP contribution in [0.2, 0.25) is 0 Å². The topological polar surface area (TPSA) is 86.8 Å². The van der Waals surface area contributed by atoms with Gasteiger partial charge in [-0.1, -0.05) is 0 Å². The smallest absolute Gasteiger partial charge is 0.222 e. The Morgan fingerprint density at radius 3 is 3.00 bits per heavy atom. The van der Waals surface area contributed by atoms with Crippen molar-refractivity contribution < 1.29 is 4.79 Å². The van der Waals surface area contributed by atoms with Crippen LogP contribution in [0.15, 0.2) is 24.4 Å². The van der Waals surface area contributed by atoms with E-state index in [9.17, 15) is 10.1 Å². The van der Waals surface area contributed by atoms with Crippen molar-refractivity contribution in [1.29, 1.82) is 5.26 Å². The van der Waals surface area contributed by atoms with Crippen molar-refractivity contribution in [3.63, 3.8) is 0 Å². The number of rotatable bonds is 3. The maximum absolute atomic E-state index is 11.1. The maximum Gasteiger partial charge on any atom is 0.222 e. The molecule has 0 aliphatic carbocycles. The van der Waals surface area contributed by atoms with Gasteiger partial charge in [0.05, 0.1) is 11.6 Å². The molecule has 23 heavy (non-hydrogen) atoms. The van der Waals surface area contributed by atoms with Gasteiger partial charge in [-0.25, -0.2) is 4.98 Å². The van der Waals surface area contributed by atoms with Crippen LogP contribution in [0.25, 0.3) is 0 Å². The zero-order chi connectivity index (χ0) is 16.4. The van der Waals surface area contributed by atoms with Gasteiger partial charge in [-0.3, -0.25) is 9.48 Å². The number of hydrogen-bond acceptors (Lipinski definition) is 5. The fraction of sp³-hybridized carbons (Fsp3) is 0.375. The molecule has 1 saturated heterocycles. The van der Waals surface area contributed by atoms with Crippen LogP contribution in [0, 0.1) is 18.3 Å². The predicted octanol–water partition coefficient (Wildman–Crippen LogP) is 1.87. The molecule has 0 aromatic carbocycles. The van der Waals surface area contributed by atoms with Crippen LogP contribution in [-0.2, 0) is 4.79 Å². The zero-order valence-electron chi connectivity index (χ0n) is 13.2.